The standard InChI is InChI=1S/C16H19N3O4/c1-23-10-13(20)18-8-7-12-14(18)15(21)19(16(22)17-12)9-11-5-3-2-4-6-11/h2-6,12,14H,7-10H2,1H3,(H,17,22)/t12-,14+/m1/s1. The molecule has 4 amide bonds. The molecule has 0 saturated carbocycles. The summed E-state index contributed by atoms with van der Waals surface area (Å²) >= 11 is 0. The number of nitrogens with one attached hydrogen (secondary N) is 1. The molecule has 23 heavy (non-hydrogen) atoms. The van der Waals surface area contributed by atoms with Crippen LogP contribution in [0.2, 0.25) is 0 Å². The molecule has 0 spiro atoms. The Hall–Kier alpha value is -2.41. The van der Waals surface area contributed by atoms with Gasteiger partial charge in [-0.15, -0.1) is 0 Å². The molecule has 2 aliphatic heterocycles. The van der Waals surface area contributed by atoms with Crippen molar-refractivity contribution in [2.24, 2.45) is 0 Å². The Morgan fingerprint density at radius 3 is 2.74 bits per heavy atom. The second kappa shape index (κ2) is 6.37. The number of fused-ring (bicyclic) bond motifs is 1. The normalized spacial score (nSPS) is 23.7. The van der Waals surface area contributed by atoms with E-state index in [9.17, 15) is 14.4 Å². The number of carbonyl (C=O) groups excluding carboxylic acids is 3. The van der Waals surface area contributed by atoms with Crippen molar-refractivity contribution >= 4 is 17.8 Å². The van der Waals surface area contributed by atoms with Gasteiger partial charge in [-0.2, -0.15) is 0 Å². The second-order valence-electron chi connectivity index (χ2n) is 5.72. The van der Waals surface area contributed by atoms with Gasteiger partial charge >= 0.3 is 6.03 Å². The highest BCUT2D eigenvalue weighted by Crippen LogP contribution is 2.25. The topological polar surface area (TPSA) is 79.0 Å². The van der Waals surface area contributed by atoms with Gasteiger partial charge in [0.2, 0.25) is 5.91 Å². The van der Waals surface area contributed by atoms with Gasteiger partial charge in [-0.3, -0.25) is 14.5 Å². The molecule has 3 rings (SSSR count). The first-order chi connectivity index (χ1) is 11.1. The first-order valence-electron chi connectivity index (χ1n) is 7.56. The molecule has 1 N–H and O–H groups in total. The van der Waals surface area contributed by atoms with Crippen molar-refractivity contribution in [3.63, 3.8) is 0 Å². The maximum Gasteiger partial charge on any atom is 0.324 e. The Labute approximate surface area is 134 Å². The van der Waals surface area contributed by atoms with Crippen LogP contribution in [0, 0.1) is 0 Å². The van der Waals surface area contributed by atoms with Crippen LogP contribution in [-0.4, -0.2) is 60.0 Å². The quantitative estimate of drug-likeness (QED) is 0.869. The van der Waals surface area contributed by atoms with Crippen LogP contribution >= 0.6 is 0 Å². The number of likely N-dealkylation sites (tertiary alicyclic amines) is 1. The number of imide groups is 1. The summed E-state index contributed by atoms with van der Waals surface area (Å²) in [5.74, 6) is -0.561. The Morgan fingerprint density at radius 2 is 2.04 bits per heavy atom. The number of hydrogen-bond acceptors (Lipinski definition) is 4. The zero-order valence-electron chi connectivity index (χ0n) is 12.9. The van der Waals surface area contributed by atoms with Gasteiger partial charge in [0.1, 0.15) is 12.6 Å². The summed E-state index contributed by atoms with van der Waals surface area (Å²) < 4.78 is 4.87. The first kappa shape index (κ1) is 15.5. The summed E-state index contributed by atoms with van der Waals surface area (Å²) in [6, 6.07) is 7.94. The van der Waals surface area contributed by atoms with Crippen molar-refractivity contribution < 1.29 is 19.1 Å². The third kappa shape index (κ3) is 2.92. The molecular weight excluding hydrogens is 298 g/mol. The molecule has 2 aliphatic rings. The largest absolute Gasteiger partial charge is 0.375 e. The van der Waals surface area contributed by atoms with Gasteiger partial charge < -0.3 is 15.0 Å². The molecule has 122 valence electrons. The zero-order valence-corrected chi connectivity index (χ0v) is 12.9. The number of amides is 4. The SMILES string of the molecule is COCC(=O)N1CC[C@H]2NC(=O)N(Cc3ccccc3)C(=O)[C@H]21. The number of nitrogens with zero attached hydrogens (tertiary/aromatic N) is 2. The predicted molar refractivity (Wildman–Crippen MR) is 81.3 cm³/mol. The number of ether oxygens (including phenoxy) is 1. The molecule has 7 nitrogen and oxygen atoms in total. The molecule has 0 aliphatic carbocycles. The Kier molecular flexibility index (Phi) is 4.29. The Balaban J connectivity index is 1.79. The summed E-state index contributed by atoms with van der Waals surface area (Å²) in [5, 5.41) is 2.84. The first-order valence-corrected chi connectivity index (χ1v) is 7.56. The fourth-order valence-corrected chi connectivity index (χ4v) is 3.15. The van der Waals surface area contributed by atoms with Crippen molar-refractivity contribution in [2.75, 3.05) is 20.3 Å². The molecule has 0 unspecified atom stereocenters. The van der Waals surface area contributed by atoms with Crippen molar-refractivity contribution in [2.45, 2.75) is 25.0 Å². The highest BCUT2D eigenvalue weighted by molar-refractivity contribution is 6.02. The molecule has 2 saturated heterocycles. The summed E-state index contributed by atoms with van der Waals surface area (Å²) in [5.41, 5.74) is 0.863. The lowest BCUT2D eigenvalue weighted by Crippen LogP contribution is -2.64. The van der Waals surface area contributed by atoms with Gasteiger partial charge in [0.15, 0.2) is 0 Å². The maximum absolute atomic E-state index is 12.8. The van der Waals surface area contributed by atoms with E-state index in [2.05, 4.69) is 5.32 Å². The molecule has 0 bridgehead atoms. The smallest absolute Gasteiger partial charge is 0.324 e. The van der Waals surface area contributed by atoms with E-state index in [1.54, 1.807) is 0 Å². The molecule has 2 heterocycles. The molecule has 1 aromatic rings. The third-order valence-corrected chi connectivity index (χ3v) is 4.24. The van der Waals surface area contributed by atoms with Gasteiger partial charge in [-0.1, -0.05) is 30.3 Å². The molecule has 0 radical (unpaired) electrons. The van der Waals surface area contributed by atoms with Crippen LogP contribution in [0.15, 0.2) is 30.3 Å². The number of methoxy groups -OCH3 is 1. The van der Waals surface area contributed by atoms with E-state index in [1.165, 1.54) is 16.9 Å². The third-order valence-electron chi connectivity index (χ3n) is 4.24. The van der Waals surface area contributed by atoms with E-state index < -0.39 is 12.1 Å². The predicted octanol–water partition coefficient (Wildman–Crippen LogP) is 0.354. The van der Waals surface area contributed by atoms with Crippen LogP contribution in [-0.2, 0) is 20.9 Å². The van der Waals surface area contributed by atoms with Crippen molar-refractivity contribution in [1.82, 2.24) is 15.1 Å². The maximum atomic E-state index is 12.8. The zero-order chi connectivity index (χ0) is 16.4. The lowest BCUT2D eigenvalue weighted by atomic mass is 10.0. The van der Waals surface area contributed by atoms with Crippen LogP contribution in [0.5, 0.6) is 0 Å². The van der Waals surface area contributed by atoms with Crippen molar-refractivity contribution in [3.8, 4) is 0 Å². The summed E-state index contributed by atoms with van der Waals surface area (Å²) in [7, 11) is 1.44. The van der Waals surface area contributed by atoms with Crippen LogP contribution in [0.25, 0.3) is 0 Å². The number of benzene rings is 1. The van der Waals surface area contributed by atoms with E-state index in [1.807, 2.05) is 30.3 Å². The molecular formula is C16H19N3O4. The van der Waals surface area contributed by atoms with Crippen molar-refractivity contribution in [1.29, 1.82) is 0 Å². The van der Waals surface area contributed by atoms with Gasteiger partial charge in [-0.05, 0) is 12.0 Å². The summed E-state index contributed by atoms with van der Waals surface area (Å²) in [6.45, 7) is 0.576. The van der Waals surface area contributed by atoms with Gasteiger partial charge in [0.25, 0.3) is 5.91 Å². The molecule has 2 atom stereocenters. The highest BCUT2D eigenvalue weighted by Gasteiger charge is 2.49. The number of urea groups is 1. The lowest BCUT2D eigenvalue weighted by Gasteiger charge is -2.36. The van der Waals surface area contributed by atoms with Gasteiger partial charge in [0, 0.05) is 13.7 Å². The lowest BCUT2D eigenvalue weighted by molar-refractivity contribution is -0.146. The highest BCUT2D eigenvalue weighted by atomic mass is 16.5. The van der Waals surface area contributed by atoms with Gasteiger partial charge in [-0.25, -0.2) is 4.79 Å². The average molecular weight is 317 g/mol. The summed E-state index contributed by atoms with van der Waals surface area (Å²) in [6.07, 6.45) is 0.580. The Bertz CT molecular complexity index is 619. The van der Waals surface area contributed by atoms with Crippen molar-refractivity contribution in [3.05, 3.63) is 35.9 Å². The van der Waals surface area contributed by atoms with E-state index in [4.69, 9.17) is 4.74 Å². The fourth-order valence-electron chi connectivity index (χ4n) is 3.15. The number of hydrogen-bond donors (Lipinski definition) is 1. The number of carbonyl (C=O) groups is 3. The summed E-state index contributed by atoms with van der Waals surface area (Å²) in [4.78, 5) is 39.8. The molecule has 1 aromatic carbocycles. The van der Waals surface area contributed by atoms with E-state index >= 15 is 0 Å². The Morgan fingerprint density at radius 1 is 1.30 bits per heavy atom. The van der Waals surface area contributed by atoms with Crippen LogP contribution in [0.4, 0.5) is 4.79 Å². The van der Waals surface area contributed by atoms with Gasteiger partial charge in [0.05, 0.1) is 12.6 Å². The monoisotopic (exact) mass is 317 g/mol. The van der Waals surface area contributed by atoms with E-state index in [0.29, 0.717) is 13.0 Å². The van der Waals surface area contributed by atoms with Crippen LogP contribution in [0.1, 0.15) is 12.0 Å². The minimum atomic E-state index is -0.640. The van der Waals surface area contributed by atoms with Crippen LogP contribution < -0.4 is 5.32 Å². The average Bonchev–Trinajstić information content (AvgIpc) is 2.96. The molecule has 0 aromatic heterocycles. The van der Waals surface area contributed by atoms with Crippen LogP contribution in [0.3, 0.4) is 0 Å². The van der Waals surface area contributed by atoms with E-state index in [-0.39, 0.29) is 31.0 Å². The second-order valence-corrected chi connectivity index (χ2v) is 5.72. The number of rotatable bonds is 4. The molecule has 2 fully saturated rings. The minimum Gasteiger partial charge on any atom is -0.375 e. The van der Waals surface area contributed by atoms with E-state index in [0.717, 1.165) is 5.56 Å². The minimum absolute atomic E-state index is 0.0663. The molecule has 7 heteroatoms. The fraction of sp³-hybridized carbons (Fsp3) is 0.438.